The summed E-state index contributed by atoms with van der Waals surface area (Å²) < 4.78 is 0. The van der Waals surface area contributed by atoms with Crippen LogP contribution in [0.1, 0.15) is 19.8 Å². The number of hydrogen-bond donors (Lipinski definition) is 1. The molecule has 0 aromatic heterocycles. The average molecular weight is 137 g/mol. The number of hydrogen-bond acceptors (Lipinski definition) is 1. The highest BCUT2D eigenvalue weighted by atomic mass is 14.6. The van der Waals surface area contributed by atoms with Gasteiger partial charge in [-0.2, -0.15) is 0 Å². The number of allylic oxidation sites excluding steroid dienone is 3. The van der Waals surface area contributed by atoms with Crippen molar-refractivity contribution in [2.45, 2.75) is 25.8 Å². The fourth-order valence-electron chi connectivity index (χ4n) is 1.22. The molecule has 0 radical (unpaired) electrons. The maximum atomic E-state index is 5.86. The third-order valence-electron chi connectivity index (χ3n) is 2.04. The molecule has 1 aliphatic carbocycles. The van der Waals surface area contributed by atoms with Crippen LogP contribution in [0.15, 0.2) is 24.3 Å². The third-order valence-corrected chi connectivity index (χ3v) is 2.04. The molecule has 1 heteroatoms. The summed E-state index contributed by atoms with van der Waals surface area (Å²) in [5.41, 5.74) is 5.86. The molecule has 0 amide bonds. The Morgan fingerprint density at radius 2 is 2.40 bits per heavy atom. The maximum Gasteiger partial charge on any atom is 0.0102 e. The molecular formula is C9H15N. The normalized spacial score (nSPS) is 26.8. The summed E-state index contributed by atoms with van der Waals surface area (Å²) in [6.45, 7) is 2.14. The summed E-state index contributed by atoms with van der Waals surface area (Å²) in [6.07, 6.45) is 10.7. The first kappa shape index (κ1) is 7.55. The van der Waals surface area contributed by atoms with Crippen LogP contribution in [-0.2, 0) is 0 Å². The van der Waals surface area contributed by atoms with Crippen LogP contribution >= 0.6 is 0 Å². The lowest BCUT2D eigenvalue weighted by atomic mass is 9.92. The molecule has 1 aliphatic rings. The van der Waals surface area contributed by atoms with Gasteiger partial charge >= 0.3 is 0 Å². The molecule has 0 spiro atoms. The molecule has 0 aliphatic heterocycles. The van der Waals surface area contributed by atoms with Crippen molar-refractivity contribution >= 4 is 0 Å². The monoisotopic (exact) mass is 137 g/mol. The molecule has 10 heavy (non-hydrogen) atoms. The van der Waals surface area contributed by atoms with E-state index in [4.69, 9.17) is 5.73 Å². The van der Waals surface area contributed by atoms with Crippen LogP contribution in [-0.4, -0.2) is 6.04 Å². The first-order chi connectivity index (χ1) is 4.84. The summed E-state index contributed by atoms with van der Waals surface area (Å²) in [6, 6.07) is 0.348. The predicted molar refractivity (Wildman–Crippen MR) is 44.7 cm³/mol. The smallest absolute Gasteiger partial charge is 0.0102 e. The van der Waals surface area contributed by atoms with E-state index in [1.54, 1.807) is 0 Å². The zero-order valence-corrected chi connectivity index (χ0v) is 6.46. The van der Waals surface area contributed by atoms with Crippen molar-refractivity contribution in [1.82, 2.24) is 0 Å². The standard InChI is InChI=1S/C9H15N/c1-2-9(10)8-6-4-3-5-7-8/h3-6,8-9H,2,7,10H2,1H3. The Morgan fingerprint density at radius 1 is 1.60 bits per heavy atom. The van der Waals surface area contributed by atoms with Gasteiger partial charge in [-0.25, -0.2) is 0 Å². The molecule has 2 unspecified atom stereocenters. The van der Waals surface area contributed by atoms with E-state index in [0.717, 1.165) is 12.8 Å². The minimum absolute atomic E-state index is 0.348. The summed E-state index contributed by atoms with van der Waals surface area (Å²) in [5, 5.41) is 0. The van der Waals surface area contributed by atoms with E-state index >= 15 is 0 Å². The van der Waals surface area contributed by atoms with Gasteiger partial charge in [-0.3, -0.25) is 0 Å². The van der Waals surface area contributed by atoms with Gasteiger partial charge in [0.25, 0.3) is 0 Å². The van der Waals surface area contributed by atoms with Crippen LogP contribution in [0.25, 0.3) is 0 Å². The van der Waals surface area contributed by atoms with Crippen molar-refractivity contribution in [1.29, 1.82) is 0 Å². The van der Waals surface area contributed by atoms with E-state index in [0.29, 0.717) is 12.0 Å². The second-order valence-corrected chi connectivity index (χ2v) is 2.78. The highest BCUT2D eigenvalue weighted by Crippen LogP contribution is 2.15. The summed E-state index contributed by atoms with van der Waals surface area (Å²) in [5.74, 6) is 0.579. The van der Waals surface area contributed by atoms with Crippen molar-refractivity contribution in [2.75, 3.05) is 0 Å². The third kappa shape index (κ3) is 1.71. The zero-order valence-electron chi connectivity index (χ0n) is 6.46. The van der Waals surface area contributed by atoms with E-state index in [2.05, 4.69) is 31.2 Å². The van der Waals surface area contributed by atoms with Gasteiger partial charge in [0.2, 0.25) is 0 Å². The fraction of sp³-hybridized carbons (Fsp3) is 0.556. The molecule has 0 saturated carbocycles. The summed E-state index contributed by atoms with van der Waals surface area (Å²) in [4.78, 5) is 0. The van der Waals surface area contributed by atoms with Crippen LogP contribution in [0, 0.1) is 5.92 Å². The Hall–Kier alpha value is -0.560. The molecule has 56 valence electrons. The average Bonchev–Trinajstić information content (AvgIpc) is 2.05. The largest absolute Gasteiger partial charge is 0.327 e. The van der Waals surface area contributed by atoms with E-state index in [-0.39, 0.29) is 0 Å². The number of nitrogens with two attached hydrogens (primary N) is 1. The van der Waals surface area contributed by atoms with Gasteiger partial charge in [-0.1, -0.05) is 31.2 Å². The van der Waals surface area contributed by atoms with Crippen molar-refractivity contribution < 1.29 is 0 Å². The molecule has 0 bridgehead atoms. The lowest BCUT2D eigenvalue weighted by Crippen LogP contribution is -2.28. The molecule has 0 aromatic rings. The Kier molecular flexibility index (Phi) is 2.69. The van der Waals surface area contributed by atoms with Crippen molar-refractivity contribution in [2.24, 2.45) is 11.7 Å². The predicted octanol–water partition coefficient (Wildman–Crippen LogP) is 1.86. The minimum Gasteiger partial charge on any atom is -0.327 e. The molecular weight excluding hydrogens is 122 g/mol. The van der Waals surface area contributed by atoms with Crippen LogP contribution in [0.4, 0.5) is 0 Å². The van der Waals surface area contributed by atoms with Crippen molar-refractivity contribution in [3.63, 3.8) is 0 Å². The topological polar surface area (TPSA) is 26.0 Å². The lowest BCUT2D eigenvalue weighted by Gasteiger charge is -2.19. The van der Waals surface area contributed by atoms with Gasteiger partial charge in [0, 0.05) is 6.04 Å². The Bertz CT molecular complexity index is 147. The Labute approximate surface area is 62.6 Å². The quantitative estimate of drug-likeness (QED) is 0.617. The first-order valence-corrected chi connectivity index (χ1v) is 3.93. The van der Waals surface area contributed by atoms with Gasteiger partial charge in [-0.15, -0.1) is 0 Å². The second-order valence-electron chi connectivity index (χ2n) is 2.78. The van der Waals surface area contributed by atoms with Gasteiger partial charge in [0.15, 0.2) is 0 Å². The minimum atomic E-state index is 0.348. The molecule has 0 fully saturated rings. The lowest BCUT2D eigenvalue weighted by molar-refractivity contribution is 0.490. The van der Waals surface area contributed by atoms with Crippen molar-refractivity contribution in [3.05, 3.63) is 24.3 Å². The second kappa shape index (κ2) is 3.57. The van der Waals surface area contributed by atoms with E-state index < -0.39 is 0 Å². The first-order valence-electron chi connectivity index (χ1n) is 3.93. The molecule has 2 N–H and O–H groups in total. The maximum absolute atomic E-state index is 5.86. The van der Waals surface area contributed by atoms with Crippen LogP contribution in [0.2, 0.25) is 0 Å². The van der Waals surface area contributed by atoms with Crippen LogP contribution in [0.5, 0.6) is 0 Å². The van der Waals surface area contributed by atoms with Crippen LogP contribution in [0.3, 0.4) is 0 Å². The molecule has 1 nitrogen and oxygen atoms in total. The van der Waals surface area contributed by atoms with E-state index in [9.17, 15) is 0 Å². The zero-order chi connectivity index (χ0) is 7.40. The van der Waals surface area contributed by atoms with Crippen LogP contribution < -0.4 is 5.73 Å². The molecule has 1 rings (SSSR count). The van der Waals surface area contributed by atoms with E-state index in [1.807, 2.05) is 0 Å². The van der Waals surface area contributed by atoms with E-state index in [1.165, 1.54) is 0 Å². The molecule has 0 heterocycles. The summed E-state index contributed by atoms with van der Waals surface area (Å²) in [7, 11) is 0. The van der Waals surface area contributed by atoms with Gasteiger partial charge < -0.3 is 5.73 Å². The Balaban J connectivity index is 2.42. The SMILES string of the molecule is CCC(N)C1C=CC=CC1. The fourth-order valence-corrected chi connectivity index (χ4v) is 1.22. The molecule has 0 aromatic carbocycles. The highest BCUT2D eigenvalue weighted by molar-refractivity contribution is 5.12. The number of rotatable bonds is 2. The van der Waals surface area contributed by atoms with Gasteiger partial charge in [-0.05, 0) is 18.8 Å². The van der Waals surface area contributed by atoms with Gasteiger partial charge in [0.05, 0.1) is 0 Å². The molecule has 0 saturated heterocycles. The molecule has 2 atom stereocenters. The summed E-state index contributed by atoms with van der Waals surface area (Å²) >= 11 is 0. The van der Waals surface area contributed by atoms with Crippen molar-refractivity contribution in [3.8, 4) is 0 Å². The Morgan fingerprint density at radius 3 is 2.90 bits per heavy atom. The van der Waals surface area contributed by atoms with Gasteiger partial charge in [0.1, 0.15) is 0 Å². The highest BCUT2D eigenvalue weighted by Gasteiger charge is 2.11.